The van der Waals surface area contributed by atoms with Gasteiger partial charge in [-0.25, -0.2) is 14.3 Å². The summed E-state index contributed by atoms with van der Waals surface area (Å²) in [6.07, 6.45) is 1.72. The summed E-state index contributed by atoms with van der Waals surface area (Å²) in [6, 6.07) is 23.2. The van der Waals surface area contributed by atoms with Gasteiger partial charge in [-0.15, -0.1) is 23.2 Å². The number of aromatic nitrogens is 1. The number of alkyl halides is 2. The van der Waals surface area contributed by atoms with Crippen molar-refractivity contribution in [2.24, 2.45) is 17.8 Å². The van der Waals surface area contributed by atoms with Gasteiger partial charge in [0.2, 0.25) is 17.7 Å². The van der Waals surface area contributed by atoms with Crippen molar-refractivity contribution in [1.29, 1.82) is 0 Å². The first-order valence-electron chi connectivity index (χ1n) is 16.9. The lowest BCUT2D eigenvalue weighted by molar-refractivity contribution is -0.125. The maximum absolute atomic E-state index is 14.6. The number of imide groups is 2. The minimum absolute atomic E-state index is 0.0710. The number of halogens is 3. The topological polar surface area (TPSA) is 130 Å². The number of phenols is 1. The number of benzene rings is 4. The molecule has 4 amide bonds. The summed E-state index contributed by atoms with van der Waals surface area (Å²) in [6.45, 7) is 0. The molecule has 0 spiro atoms. The number of phenolic OH excluding ortho intramolecular Hbond substituents is 1. The van der Waals surface area contributed by atoms with Gasteiger partial charge in [0, 0.05) is 23.1 Å². The molecule has 1 N–H and O–H groups in total. The highest BCUT2D eigenvalue weighted by molar-refractivity contribution is 6.58. The van der Waals surface area contributed by atoms with Gasteiger partial charge in [-0.05, 0) is 85.5 Å². The molecule has 1 aromatic heterocycles. The first-order valence-corrected chi connectivity index (χ1v) is 17.6. The minimum atomic E-state index is -2.15. The van der Waals surface area contributed by atoms with E-state index >= 15 is 0 Å². The van der Waals surface area contributed by atoms with Gasteiger partial charge < -0.3 is 14.3 Å². The van der Waals surface area contributed by atoms with Crippen molar-refractivity contribution in [1.82, 2.24) is 4.98 Å². The molecule has 0 bridgehead atoms. The van der Waals surface area contributed by atoms with E-state index in [0.717, 1.165) is 21.9 Å². The number of rotatable bonds is 5. The number of methoxy groups -OCH3 is 1. The lowest BCUT2D eigenvalue weighted by atomic mass is 9.56. The van der Waals surface area contributed by atoms with E-state index in [2.05, 4.69) is 4.98 Å². The second-order valence-electron chi connectivity index (χ2n) is 13.7. The van der Waals surface area contributed by atoms with E-state index in [-0.39, 0.29) is 30.0 Å². The van der Waals surface area contributed by atoms with Crippen molar-refractivity contribution in [3.63, 3.8) is 0 Å². The molecule has 2 saturated heterocycles. The number of carbonyl (C=O) groups is 4. The largest absolute Gasteiger partial charge is 0.508 e. The van der Waals surface area contributed by atoms with Crippen molar-refractivity contribution in [3.8, 4) is 23.0 Å². The molecule has 10 nitrogen and oxygen atoms in total. The molecule has 13 heteroatoms. The summed E-state index contributed by atoms with van der Waals surface area (Å²) in [5, 5.41) is 10.3. The Hall–Kier alpha value is -5.52. The van der Waals surface area contributed by atoms with Crippen molar-refractivity contribution >= 4 is 69.3 Å². The Morgan fingerprint density at radius 1 is 0.868 bits per heavy atom. The average molecular weight is 753 g/mol. The Labute approximate surface area is 311 Å². The Morgan fingerprint density at radius 3 is 2.28 bits per heavy atom. The number of anilines is 2. The summed E-state index contributed by atoms with van der Waals surface area (Å²) >= 11 is 14.9. The number of aromatic hydroxyl groups is 1. The Bertz CT molecular complexity index is 2400. The number of para-hydroxylation sites is 2. The van der Waals surface area contributed by atoms with Crippen LogP contribution >= 0.6 is 23.2 Å². The van der Waals surface area contributed by atoms with Crippen LogP contribution in [0.5, 0.6) is 11.5 Å². The van der Waals surface area contributed by atoms with Crippen LogP contribution in [0.1, 0.15) is 24.3 Å². The average Bonchev–Trinajstić information content (AvgIpc) is 3.75. The van der Waals surface area contributed by atoms with Crippen molar-refractivity contribution in [2.75, 3.05) is 16.9 Å². The maximum Gasteiger partial charge on any atom is 0.258 e. The van der Waals surface area contributed by atoms with E-state index < -0.39 is 62.9 Å². The molecule has 9 rings (SSSR count). The van der Waals surface area contributed by atoms with Crippen LogP contribution in [0.4, 0.5) is 15.8 Å². The molecule has 53 heavy (non-hydrogen) atoms. The fourth-order valence-electron chi connectivity index (χ4n) is 8.69. The van der Waals surface area contributed by atoms with Crippen LogP contribution in [0.3, 0.4) is 0 Å². The van der Waals surface area contributed by atoms with Crippen LogP contribution < -0.4 is 14.5 Å². The molecule has 2 aliphatic heterocycles. The second-order valence-corrected chi connectivity index (χ2v) is 15.0. The summed E-state index contributed by atoms with van der Waals surface area (Å²) in [4.78, 5) is 60.0. The number of nitrogens with zero attached hydrogens (tertiary/aromatic N) is 3. The SMILES string of the molecule is COc1cc(O)ccc1C1C2=CCC3C(=O)N(c4ccc(-c5nc6ccccc6o5)cc4)C(=O)C3C2CC2(Cl)C(=O)N(c3ccc(F)cc3)C(=O)C12Cl. The van der Waals surface area contributed by atoms with Gasteiger partial charge >= 0.3 is 0 Å². The van der Waals surface area contributed by atoms with Crippen molar-refractivity contribution in [3.05, 3.63) is 114 Å². The highest BCUT2D eigenvalue weighted by atomic mass is 35.5. The van der Waals surface area contributed by atoms with E-state index in [0.29, 0.717) is 39.4 Å². The lowest BCUT2D eigenvalue weighted by Gasteiger charge is -2.50. The van der Waals surface area contributed by atoms with Crippen molar-refractivity contribution < 1.29 is 37.8 Å². The number of allylic oxidation sites excluding steroid dienone is 2. The molecule has 0 radical (unpaired) electrons. The van der Waals surface area contributed by atoms with Gasteiger partial charge in [0.05, 0.1) is 30.3 Å². The summed E-state index contributed by atoms with van der Waals surface area (Å²) in [5.41, 5.74) is 3.30. The first kappa shape index (κ1) is 33.3. The van der Waals surface area contributed by atoms with E-state index in [1.54, 1.807) is 30.3 Å². The zero-order chi connectivity index (χ0) is 37.0. The molecule has 4 aromatic carbocycles. The number of carbonyl (C=O) groups excluding carboxylic acids is 4. The van der Waals surface area contributed by atoms with Crippen LogP contribution in [-0.4, -0.2) is 50.6 Å². The van der Waals surface area contributed by atoms with Crippen LogP contribution in [0, 0.1) is 23.6 Å². The van der Waals surface area contributed by atoms with E-state index in [9.17, 15) is 28.7 Å². The summed E-state index contributed by atoms with van der Waals surface area (Å²) in [7, 11) is 1.39. The van der Waals surface area contributed by atoms with Gasteiger partial charge in [0.25, 0.3) is 11.8 Å². The predicted molar refractivity (Wildman–Crippen MR) is 193 cm³/mol. The zero-order valence-electron chi connectivity index (χ0n) is 27.8. The molecular formula is C40H28Cl2FN3O7. The number of hydrogen-bond acceptors (Lipinski definition) is 8. The second kappa shape index (κ2) is 11.7. The number of oxazole rings is 1. The van der Waals surface area contributed by atoms with Crippen molar-refractivity contribution in [2.45, 2.75) is 28.5 Å². The normalized spacial score (nSPS) is 27.9. The zero-order valence-corrected chi connectivity index (χ0v) is 29.3. The van der Waals surface area contributed by atoms with E-state index in [1.165, 1.54) is 31.4 Å². The van der Waals surface area contributed by atoms with E-state index in [1.807, 2.05) is 30.3 Å². The fraction of sp³-hybridized carbons (Fsp3) is 0.225. The van der Waals surface area contributed by atoms with E-state index in [4.69, 9.17) is 32.4 Å². The molecule has 3 heterocycles. The molecule has 3 fully saturated rings. The van der Waals surface area contributed by atoms with Crippen LogP contribution in [0.2, 0.25) is 0 Å². The molecule has 2 aliphatic carbocycles. The predicted octanol–water partition coefficient (Wildman–Crippen LogP) is 7.12. The molecule has 266 valence electrons. The summed E-state index contributed by atoms with van der Waals surface area (Å²) < 4.78 is 25.5. The number of fused-ring (bicyclic) bond motifs is 5. The molecule has 6 atom stereocenters. The smallest absolute Gasteiger partial charge is 0.258 e. The first-order chi connectivity index (χ1) is 25.5. The maximum atomic E-state index is 14.6. The van der Waals surface area contributed by atoms with Gasteiger partial charge in [0.1, 0.15) is 22.8 Å². The van der Waals surface area contributed by atoms with Gasteiger partial charge in [-0.2, -0.15) is 0 Å². The number of ether oxygens (including phenoxy) is 1. The highest BCUT2D eigenvalue weighted by Crippen LogP contribution is 2.66. The quantitative estimate of drug-likeness (QED) is 0.114. The van der Waals surface area contributed by atoms with Crippen LogP contribution in [0.25, 0.3) is 22.6 Å². The third kappa shape index (κ3) is 4.59. The molecule has 5 aromatic rings. The molecular weight excluding hydrogens is 724 g/mol. The Balaban J connectivity index is 1.13. The number of hydrogen-bond donors (Lipinski definition) is 1. The van der Waals surface area contributed by atoms with Crippen LogP contribution in [-0.2, 0) is 19.2 Å². The monoisotopic (exact) mass is 751 g/mol. The molecule has 4 aliphatic rings. The van der Waals surface area contributed by atoms with Gasteiger partial charge in [-0.1, -0.05) is 29.8 Å². The molecule has 6 unspecified atom stereocenters. The van der Waals surface area contributed by atoms with Crippen LogP contribution in [0.15, 0.2) is 107 Å². The summed E-state index contributed by atoms with van der Waals surface area (Å²) in [5.74, 6) is -6.33. The highest BCUT2D eigenvalue weighted by Gasteiger charge is 2.77. The third-order valence-electron chi connectivity index (χ3n) is 11.1. The number of amides is 4. The Kier molecular flexibility index (Phi) is 7.38. The molecule has 1 saturated carbocycles. The van der Waals surface area contributed by atoms with Gasteiger partial charge in [0.15, 0.2) is 15.3 Å². The Morgan fingerprint density at radius 2 is 1.57 bits per heavy atom. The third-order valence-corrected chi connectivity index (χ3v) is 12.5. The fourth-order valence-corrected chi connectivity index (χ4v) is 9.61. The van der Waals surface area contributed by atoms with Gasteiger partial charge in [-0.3, -0.25) is 24.1 Å². The lowest BCUT2D eigenvalue weighted by Crippen LogP contribution is -2.60. The standard InChI is InChI=1S/C40H28Cl2FN3O7/c1-52-31-18-24(47)14-15-26(31)33-25-16-17-27-32(28(25)19-39(41)37(50)46(38(51)40(33,39)42)23-12-8-21(43)9-13-23)36(49)45(35(27)48)22-10-6-20(7-11-22)34-44-29-4-2-3-5-30(29)53-34/h2-16,18,27-28,32-33,47H,17,19H2,1H3. The minimum Gasteiger partial charge on any atom is -0.508 e.